The Bertz CT molecular complexity index is 1300. The molecule has 0 saturated heterocycles. The van der Waals surface area contributed by atoms with E-state index in [1.807, 2.05) is 45.8 Å². The van der Waals surface area contributed by atoms with Crippen molar-refractivity contribution < 1.29 is 38.9 Å². The quantitative estimate of drug-likeness (QED) is 0.414. The zero-order valence-electron chi connectivity index (χ0n) is 24.1. The summed E-state index contributed by atoms with van der Waals surface area (Å²) in [6.07, 6.45) is 0.536. The highest BCUT2D eigenvalue weighted by molar-refractivity contribution is 6.32. The van der Waals surface area contributed by atoms with Gasteiger partial charge in [-0.15, -0.1) is 0 Å². The summed E-state index contributed by atoms with van der Waals surface area (Å²) < 4.78 is 5.81. The number of hydrogen-bond acceptors (Lipinski definition) is 10. The van der Waals surface area contributed by atoms with Gasteiger partial charge in [0.2, 0.25) is 5.91 Å². The van der Waals surface area contributed by atoms with Crippen LogP contribution in [0.15, 0.2) is 6.07 Å². The summed E-state index contributed by atoms with van der Waals surface area (Å²) >= 11 is 0. The van der Waals surface area contributed by atoms with E-state index in [4.69, 9.17) is 10.5 Å². The fraction of sp³-hybridized carbons (Fsp3) is 0.621. The maximum atomic E-state index is 14.0. The van der Waals surface area contributed by atoms with Crippen molar-refractivity contribution in [1.82, 2.24) is 4.90 Å². The molecule has 1 aromatic rings. The van der Waals surface area contributed by atoms with Crippen LogP contribution in [0.2, 0.25) is 0 Å². The molecule has 4 rings (SSSR count). The molecule has 4 N–H and O–H groups in total. The summed E-state index contributed by atoms with van der Waals surface area (Å²) in [5.41, 5.74) is 3.95. The molecule has 2 fully saturated rings. The van der Waals surface area contributed by atoms with Gasteiger partial charge in [0, 0.05) is 25.7 Å². The van der Waals surface area contributed by atoms with Gasteiger partial charge < -0.3 is 25.6 Å². The summed E-state index contributed by atoms with van der Waals surface area (Å²) in [5.74, 6) is -10.5. The van der Waals surface area contributed by atoms with Crippen LogP contribution in [0.3, 0.4) is 0 Å². The number of aromatic hydroxyl groups is 1. The van der Waals surface area contributed by atoms with E-state index in [9.17, 15) is 34.2 Å². The van der Waals surface area contributed by atoms with Crippen LogP contribution in [0, 0.1) is 23.7 Å². The molecule has 2 saturated carbocycles. The number of amides is 1. The molecule has 3 aliphatic carbocycles. The lowest BCUT2D eigenvalue weighted by Gasteiger charge is -2.52. The zero-order chi connectivity index (χ0) is 30.1. The molecule has 40 heavy (non-hydrogen) atoms. The van der Waals surface area contributed by atoms with Crippen LogP contribution in [-0.2, 0) is 36.8 Å². The average Bonchev–Trinajstić information content (AvgIpc) is 2.81. The lowest BCUT2D eigenvalue weighted by molar-refractivity contribution is -0.181. The van der Waals surface area contributed by atoms with E-state index in [2.05, 4.69) is 0 Å². The minimum atomic E-state index is -2.74. The third kappa shape index (κ3) is 4.53. The average molecular weight is 558 g/mol. The number of Topliss-reactive ketones (excluding diaryl/α,β-unsaturated/α-hetero) is 4. The molecule has 0 spiro atoms. The number of carbonyl (C=O) groups is 5. The van der Waals surface area contributed by atoms with E-state index in [-0.39, 0.29) is 30.8 Å². The number of primary amides is 1. The Morgan fingerprint density at radius 2 is 1.75 bits per heavy atom. The van der Waals surface area contributed by atoms with Crippen molar-refractivity contribution in [3.8, 4) is 5.75 Å². The van der Waals surface area contributed by atoms with E-state index >= 15 is 0 Å². The first-order valence-corrected chi connectivity index (χ1v) is 13.5. The first-order chi connectivity index (χ1) is 18.4. The van der Waals surface area contributed by atoms with E-state index in [1.165, 1.54) is 4.90 Å². The third-order valence-corrected chi connectivity index (χ3v) is 8.51. The van der Waals surface area contributed by atoms with Gasteiger partial charge in [-0.2, -0.15) is 0 Å². The highest BCUT2D eigenvalue weighted by atomic mass is 16.5. The predicted molar refractivity (Wildman–Crippen MR) is 145 cm³/mol. The molecule has 0 bridgehead atoms. The molecule has 1 amide bonds. The largest absolute Gasteiger partial charge is 0.507 e. The number of anilines is 1. The second kappa shape index (κ2) is 10.0. The van der Waals surface area contributed by atoms with Crippen LogP contribution in [0.1, 0.15) is 48.7 Å². The molecular formula is C29H39N3O8. The number of nitrogens with zero attached hydrogens (tertiary/aromatic N) is 2. The summed E-state index contributed by atoms with van der Waals surface area (Å²) in [6.45, 7) is 6.01. The van der Waals surface area contributed by atoms with Crippen molar-refractivity contribution in [3.05, 3.63) is 22.8 Å². The standard InChI is InChI=1S/C29H39N3O8/c1-28(2,3)40-9-8-13-12-17(31(4)5)15-10-14-11-16-21(32(6)7)24(35)20(27(30)38)26(37)29(16,39)25(36)18(14)23(34)19(15)22(13)33/h12,14,16,18,20-21,33,39H,8-11H2,1-7H3,(H2,30,38)/t14-,16-,18?,20?,21-,29-/m0/s1. The van der Waals surface area contributed by atoms with Gasteiger partial charge in [-0.3, -0.25) is 28.9 Å². The monoisotopic (exact) mass is 557 g/mol. The number of fused-ring (bicyclic) bond motifs is 3. The maximum Gasteiger partial charge on any atom is 0.235 e. The van der Waals surface area contributed by atoms with Gasteiger partial charge in [0.15, 0.2) is 34.7 Å². The molecule has 0 heterocycles. The first kappa shape index (κ1) is 29.8. The molecule has 0 aliphatic heterocycles. The van der Waals surface area contributed by atoms with Crippen molar-refractivity contribution >= 4 is 34.7 Å². The Kier molecular flexibility index (Phi) is 7.49. The van der Waals surface area contributed by atoms with Gasteiger partial charge in [0.1, 0.15) is 5.75 Å². The van der Waals surface area contributed by atoms with Crippen LogP contribution < -0.4 is 10.6 Å². The topological polar surface area (TPSA) is 168 Å². The fourth-order valence-corrected chi connectivity index (χ4v) is 6.76. The molecule has 11 heteroatoms. The number of ketones is 4. The molecule has 2 unspecified atom stereocenters. The molecule has 3 aliphatic rings. The van der Waals surface area contributed by atoms with E-state index in [0.717, 1.165) is 0 Å². The first-order valence-electron chi connectivity index (χ1n) is 13.5. The van der Waals surface area contributed by atoms with Crippen LogP contribution >= 0.6 is 0 Å². The molecule has 218 valence electrons. The highest BCUT2D eigenvalue weighted by Gasteiger charge is 2.69. The van der Waals surface area contributed by atoms with Gasteiger partial charge in [-0.25, -0.2) is 0 Å². The molecule has 11 nitrogen and oxygen atoms in total. The molecule has 0 radical (unpaired) electrons. The Labute approximate surface area is 233 Å². The number of aliphatic hydroxyl groups is 1. The van der Waals surface area contributed by atoms with Crippen LogP contribution in [-0.4, -0.2) is 96.2 Å². The third-order valence-electron chi connectivity index (χ3n) is 8.51. The summed E-state index contributed by atoms with van der Waals surface area (Å²) in [5, 5.41) is 23.0. The number of likely N-dealkylation sites (N-methyl/N-ethyl adjacent to an activating group) is 1. The summed E-state index contributed by atoms with van der Waals surface area (Å²) in [7, 11) is 6.74. The van der Waals surface area contributed by atoms with Crippen molar-refractivity contribution in [2.24, 2.45) is 29.4 Å². The molecule has 6 atom stereocenters. The molecular weight excluding hydrogens is 518 g/mol. The van der Waals surface area contributed by atoms with E-state index in [1.54, 1.807) is 14.1 Å². The normalized spacial score (nSPS) is 30.2. The van der Waals surface area contributed by atoms with Gasteiger partial charge in [0.25, 0.3) is 0 Å². The summed E-state index contributed by atoms with van der Waals surface area (Å²) in [6, 6.07) is 0.677. The lowest BCUT2D eigenvalue weighted by Crippen LogP contribution is -2.74. The lowest BCUT2D eigenvalue weighted by atomic mass is 9.52. The Balaban J connectivity index is 1.83. The maximum absolute atomic E-state index is 14.0. The minimum absolute atomic E-state index is 0.0106. The van der Waals surface area contributed by atoms with Crippen molar-refractivity contribution in [2.75, 3.05) is 39.7 Å². The fourth-order valence-electron chi connectivity index (χ4n) is 6.76. The summed E-state index contributed by atoms with van der Waals surface area (Å²) in [4.78, 5) is 70.1. The smallest absolute Gasteiger partial charge is 0.235 e. The zero-order valence-corrected chi connectivity index (χ0v) is 24.1. The number of nitrogens with two attached hydrogens (primary N) is 1. The number of phenols is 1. The second-order valence-electron chi connectivity index (χ2n) is 12.7. The Morgan fingerprint density at radius 3 is 2.27 bits per heavy atom. The van der Waals surface area contributed by atoms with Crippen molar-refractivity contribution in [1.29, 1.82) is 0 Å². The number of rotatable bonds is 6. The van der Waals surface area contributed by atoms with E-state index < -0.39 is 70.0 Å². The number of hydrogen-bond donors (Lipinski definition) is 3. The number of benzene rings is 1. The van der Waals surface area contributed by atoms with Gasteiger partial charge in [0.05, 0.1) is 29.7 Å². The molecule has 0 aromatic heterocycles. The van der Waals surface area contributed by atoms with Crippen molar-refractivity contribution in [3.63, 3.8) is 0 Å². The minimum Gasteiger partial charge on any atom is -0.507 e. The molecule has 1 aromatic carbocycles. The van der Waals surface area contributed by atoms with Crippen molar-refractivity contribution in [2.45, 2.75) is 57.3 Å². The Morgan fingerprint density at radius 1 is 1.12 bits per heavy atom. The second-order valence-corrected chi connectivity index (χ2v) is 12.7. The number of phenolic OH excluding ortho intramolecular Hbond substituents is 1. The van der Waals surface area contributed by atoms with E-state index in [0.29, 0.717) is 23.2 Å². The van der Waals surface area contributed by atoms with Gasteiger partial charge in [-0.05, 0) is 77.2 Å². The Hall–Kier alpha value is -3.15. The number of ether oxygens (including phenoxy) is 1. The van der Waals surface area contributed by atoms with Gasteiger partial charge in [-0.1, -0.05) is 0 Å². The highest BCUT2D eigenvalue weighted by Crippen LogP contribution is 2.52. The number of carbonyl (C=O) groups excluding carboxylic acids is 5. The van der Waals surface area contributed by atoms with Gasteiger partial charge >= 0.3 is 0 Å². The van der Waals surface area contributed by atoms with Crippen LogP contribution in [0.25, 0.3) is 0 Å². The SMILES string of the molecule is CN(C)c1cc(CCOC(C)(C)C)c(O)c2c1C[C@H]1C[C@H]3[C@H](N(C)C)C(=O)C(C(N)=O)C(=O)[C@@]3(O)C(=O)C1C2=O. The van der Waals surface area contributed by atoms with Crippen LogP contribution in [0.5, 0.6) is 5.75 Å². The van der Waals surface area contributed by atoms with Crippen LogP contribution in [0.4, 0.5) is 5.69 Å². The predicted octanol–water partition coefficient (Wildman–Crippen LogP) is 0.291.